The van der Waals surface area contributed by atoms with E-state index in [2.05, 4.69) is 10.2 Å². The summed E-state index contributed by atoms with van der Waals surface area (Å²) in [5.41, 5.74) is 7.16. The maximum atomic E-state index is 14.2. The molecule has 3 aromatic heterocycles. The van der Waals surface area contributed by atoms with Crippen LogP contribution < -0.4 is 10.5 Å². The molecule has 5 rings (SSSR count). The average molecular weight is 501 g/mol. The van der Waals surface area contributed by atoms with Crippen molar-refractivity contribution in [1.82, 2.24) is 24.5 Å². The zero-order valence-electron chi connectivity index (χ0n) is 20.0. The fourth-order valence-electron chi connectivity index (χ4n) is 4.65. The smallest absolute Gasteiger partial charge is 0.408 e. The molecule has 4 heterocycles. The highest BCUT2D eigenvalue weighted by atomic mass is 19.4. The highest BCUT2D eigenvalue weighted by Crippen LogP contribution is 2.41. The molecule has 11 heteroatoms. The zero-order valence-corrected chi connectivity index (χ0v) is 20.0. The fraction of sp³-hybridized carbons (Fsp3) is 0.400. The van der Waals surface area contributed by atoms with E-state index in [0.717, 1.165) is 5.39 Å². The van der Waals surface area contributed by atoms with Gasteiger partial charge in [-0.25, -0.2) is 4.98 Å². The van der Waals surface area contributed by atoms with Gasteiger partial charge >= 0.3 is 6.18 Å². The number of hydrogen-bond acceptors (Lipinski definition) is 7. The normalized spacial score (nSPS) is 19.8. The van der Waals surface area contributed by atoms with Crippen LogP contribution in [-0.4, -0.2) is 69.6 Å². The molecular weight excluding hydrogens is 473 g/mol. The van der Waals surface area contributed by atoms with Crippen molar-refractivity contribution in [1.29, 1.82) is 0 Å². The Hall–Kier alpha value is -3.28. The van der Waals surface area contributed by atoms with Crippen molar-refractivity contribution in [2.75, 3.05) is 33.4 Å². The Labute approximate surface area is 205 Å². The van der Waals surface area contributed by atoms with E-state index in [1.54, 1.807) is 36.6 Å². The number of methoxy groups -OCH3 is 1. The number of alkyl halides is 3. The van der Waals surface area contributed by atoms with Crippen molar-refractivity contribution in [3.8, 4) is 17.3 Å². The summed E-state index contributed by atoms with van der Waals surface area (Å²) in [6.07, 6.45) is -2.52. The Kier molecular flexibility index (Phi) is 6.31. The number of aromatic nitrogens is 4. The molecule has 0 bridgehead atoms. The van der Waals surface area contributed by atoms with Crippen molar-refractivity contribution in [3.63, 3.8) is 0 Å². The first-order valence-corrected chi connectivity index (χ1v) is 11.6. The van der Waals surface area contributed by atoms with Gasteiger partial charge in [-0.2, -0.15) is 13.2 Å². The third-order valence-corrected chi connectivity index (χ3v) is 6.40. The van der Waals surface area contributed by atoms with Gasteiger partial charge in [0, 0.05) is 43.4 Å². The number of hydrogen-bond donors (Lipinski definition) is 1. The van der Waals surface area contributed by atoms with Crippen molar-refractivity contribution >= 4 is 16.6 Å². The number of benzene rings is 1. The van der Waals surface area contributed by atoms with Crippen molar-refractivity contribution in [2.24, 2.45) is 5.73 Å². The first-order chi connectivity index (χ1) is 17.1. The second-order valence-corrected chi connectivity index (χ2v) is 9.43. The van der Waals surface area contributed by atoms with Gasteiger partial charge in [0.15, 0.2) is 11.5 Å². The second kappa shape index (κ2) is 9.30. The van der Waals surface area contributed by atoms with E-state index < -0.39 is 17.8 Å². The predicted molar refractivity (Wildman–Crippen MR) is 129 cm³/mol. The lowest BCUT2D eigenvalue weighted by Crippen LogP contribution is -2.43. The molecule has 190 valence electrons. The number of nitrogens with two attached hydrogens (primary N) is 1. The zero-order chi connectivity index (χ0) is 25.5. The Bertz CT molecular complexity index is 1390. The highest BCUT2D eigenvalue weighted by molar-refractivity contribution is 5.82. The van der Waals surface area contributed by atoms with Crippen LogP contribution in [0.5, 0.6) is 5.75 Å². The summed E-state index contributed by atoms with van der Waals surface area (Å²) >= 11 is 0. The summed E-state index contributed by atoms with van der Waals surface area (Å²) in [6.45, 7) is 3.07. The van der Waals surface area contributed by atoms with E-state index in [-0.39, 0.29) is 18.7 Å². The van der Waals surface area contributed by atoms with Crippen LogP contribution in [0, 0.1) is 0 Å². The van der Waals surface area contributed by atoms with Gasteiger partial charge in [0.05, 0.1) is 12.1 Å². The van der Waals surface area contributed by atoms with Gasteiger partial charge in [0.2, 0.25) is 0 Å². The van der Waals surface area contributed by atoms with Crippen LogP contribution in [0.2, 0.25) is 0 Å². The van der Waals surface area contributed by atoms with Crippen LogP contribution >= 0.6 is 0 Å². The minimum absolute atomic E-state index is 0.100. The van der Waals surface area contributed by atoms with Crippen LogP contribution in [0.25, 0.3) is 28.1 Å². The number of halogens is 3. The van der Waals surface area contributed by atoms with Gasteiger partial charge in [0.25, 0.3) is 0 Å². The van der Waals surface area contributed by atoms with E-state index in [1.807, 2.05) is 18.2 Å². The Balaban J connectivity index is 1.52. The number of pyridine rings is 2. The minimum atomic E-state index is -4.47. The molecule has 2 unspecified atom stereocenters. The summed E-state index contributed by atoms with van der Waals surface area (Å²) in [5.74, 6) is 0.994. The van der Waals surface area contributed by atoms with Crippen LogP contribution in [0.15, 0.2) is 48.7 Å². The predicted octanol–water partition coefficient (Wildman–Crippen LogP) is 4.00. The summed E-state index contributed by atoms with van der Waals surface area (Å²) in [7, 11) is 1.60. The SMILES string of the molecule is COCCOc1ccc2ccc(-c3nnc4ccc(C(N5CCC(C)(N)C5)C(F)(F)F)cn34)nc2c1. The summed E-state index contributed by atoms with van der Waals surface area (Å²) in [6, 6.07) is 10.4. The molecule has 0 radical (unpaired) electrons. The largest absolute Gasteiger partial charge is 0.491 e. The van der Waals surface area contributed by atoms with Gasteiger partial charge in [-0.3, -0.25) is 9.30 Å². The molecular formula is C25H27F3N6O2. The monoisotopic (exact) mass is 500 g/mol. The molecule has 8 nitrogen and oxygen atoms in total. The van der Waals surface area contributed by atoms with Gasteiger partial charge in [0.1, 0.15) is 24.1 Å². The second-order valence-electron chi connectivity index (χ2n) is 9.43. The third-order valence-electron chi connectivity index (χ3n) is 6.40. The number of fused-ring (bicyclic) bond motifs is 2. The lowest BCUT2D eigenvalue weighted by Gasteiger charge is -2.31. The molecule has 0 spiro atoms. The number of ether oxygens (including phenoxy) is 2. The molecule has 2 N–H and O–H groups in total. The molecule has 4 aromatic rings. The standard InChI is InChI=1S/C25H27F3N6O2/c1-24(29)9-10-33(15-24)22(25(26,27)28)17-5-8-21-31-32-23(34(21)14-17)19-7-4-16-3-6-18(13-20(16)30-19)36-12-11-35-2/h3-8,13-14,22H,9-12,15,29H2,1-2H3. The van der Waals surface area contributed by atoms with Crippen LogP contribution in [0.4, 0.5) is 13.2 Å². The highest BCUT2D eigenvalue weighted by Gasteiger charge is 2.48. The minimum Gasteiger partial charge on any atom is -0.491 e. The molecule has 2 atom stereocenters. The number of nitrogens with zero attached hydrogens (tertiary/aromatic N) is 5. The Morgan fingerprint density at radius 1 is 1.11 bits per heavy atom. The molecule has 0 saturated carbocycles. The molecule has 1 aliphatic heterocycles. The van der Waals surface area contributed by atoms with Crippen molar-refractivity contribution in [2.45, 2.75) is 31.1 Å². The average Bonchev–Trinajstić information content (AvgIpc) is 3.40. The maximum absolute atomic E-state index is 14.2. The van der Waals surface area contributed by atoms with Crippen molar-refractivity contribution < 1.29 is 22.6 Å². The first-order valence-electron chi connectivity index (χ1n) is 11.6. The van der Waals surface area contributed by atoms with E-state index in [4.69, 9.17) is 20.2 Å². The van der Waals surface area contributed by atoms with Gasteiger partial charge < -0.3 is 15.2 Å². The third kappa shape index (κ3) is 4.86. The first kappa shape index (κ1) is 24.4. The summed E-state index contributed by atoms with van der Waals surface area (Å²) in [4.78, 5) is 6.09. The molecule has 1 aliphatic rings. The molecule has 36 heavy (non-hydrogen) atoms. The summed E-state index contributed by atoms with van der Waals surface area (Å²) in [5, 5.41) is 9.26. The van der Waals surface area contributed by atoms with E-state index >= 15 is 0 Å². The lowest BCUT2D eigenvalue weighted by atomic mass is 10.0. The van der Waals surface area contributed by atoms with Gasteiger partial charge in [-0.05, 0) is 43.2 Å². The molecule has 1 saturated heterocycles. The van der Waals surface area contributed by atoms with Crippen LogP contribution in [0.1, 0.15) is 24.9 Å². The maximum Gasteiger partial charge on any atom is 0.408 e. The topological polar surface area (TPSA) is 90.8 Å². The number of rotatable bonds is 7. The molecule has 1 fully saturated rings. The van der Waals surface area contributed by atoms with Crippen molar-refractivity contribution in [3.05, 3.63) is 54.2 Å². The van der Waals surface area contributed by atoms with E-state index in [0.29, 0.717) is 48.1 Å². The molecule has 0 aliphatic carbocycles. The van der Waals surface area contributed by atoms with E-state index in [1.165, 1.54) is 17.2 Å². The Morgan fingerprint density at radius 3 is 2.64 bits per heavy atom. The van der Waals surface area contributed by atoms with Gasteiger partial charge in [-0.1, -0.05) is 12.1 Å². The molecule has 1 aromatic carbocycles. The number of likely N-dealkylation sites (tertiary alicyclic amines) is 1. The summed E-state index contributed by atoms with van der Waals surface area (Å²) < 4.78 is 54.9. The van der Waals surface area contributed by atoms with Crippen LogP contribution in [0.3, 0.4) is 0 Å². The van der Waals surface area contributed by atoms with E-state index in [9.17, 15) is 13.2 Å². The molecule has 0 amide bonds. The van der Waals surface area contributed by atoms with Gasteiger partial charge in [-0.15, -0.1) is 10.2 Å². The Morgan fingerprint density at radius 2 is 1.92 bits per heavy atom. The fourth-order valence-corrected chi connectivity index (χ4v) is 4.65. The lowest BCUT2D eigenvalue weighted by molar-refractivity contribution is -0.184. The van der Waals surface area contributed by atoms with Crippen LogP contribution in [-0.2, 0) is 4.74 Å². The quantitative estimate of drug-likeness (QED) is 0.384.